The molecule has 1 aliphatic carbocycles. The van der Waals surface area contributed by atoms with Crippen molar-refractivity contribution in [1.29, 1.82) is 0 Å². The Morgan fingerprint density at radius 3 is 2.62 bits per heavy atom. The van der Waals surface area contributed by atoms with Crippen LogP contribution in [0.25, 0.3) is 20.8 Å². The molecule has 1 aromatic heterocycles. The minimum absolute atomic E-state index is 0.104. The van der Waals surface area contributed by atoms with Crippen molar-refractivity contribution in [3.8, 4) is 16.3 Å². The molecule has 5 heteroatoms. The van der Waals surface area contributed by atoms with E-state index in [2.05, 4.69) is 16.4 Å². The maximum absolute atomic E-state index is 12.7. The molecule has 4 nitrogen and oxygen atoms in total. The van der Waals surface area contributed by atoms with E-state index in [0.29, 0.717) is 16.8 Å². The Bertz CT molecular complexity index is 1200. The van der Waals surface area contributed by atoms with Crippen LogP contribution in [-0.2, 0) is 12.8 Å². The van der Waals surface area contributed by atoms with E-state index in [4.69, 9.17) is 0 Å². The fourth-order valence-electron chi connectivity index (χ4n) is 3.86. The molecular formula is C24H20N2O2S. The number of anilines is 1. The number of hydrogen-bond acceptors (Lipinski definition) is 4. The van der Waals surface area contributed by atoms with E-state index in [1.165, 1.54) is 35.3 Å². The molecule has 0 bridgehead atoms. The van der Waals surface area contributed by atoms with Gasteiger partial charge >= 0.3 is 0 Å². The number of hydrogen-bond donors (Lipinski definition) is 2. The highest BCUT2D eigenvalue weighted by molar-refractivity contribution is 7.21. The minimum Gasteiger partial charge on any atom is -0.507 e. The summed E-state index contributed by atoms with van der Waals surface area (Å²) < 4.78 is 1.08. The first kappa shape index (κ1) is 17.9. The summed E-state index contributed by atoms with van der Waals surface area (Å²) in [4.78, 5) is 17.3. The predicted molar refractivity (Wildman–Crippen MR) is 118 cm³/mol. The van der Waals surface area contributed by atoms with E-state index >= 15 is 0 Å². The summed E-state index contributed by atoms with van der Waals surface area (Å²) >= 11 is 1.54. The minimum atomic E-state index is -0.162. The first-order chi connectivity index (χ1) is 14.2. The number of amides is 1. The zero-order chi connectivity index (χ0) is 19.8. The lowest BCUT2D eigenvalue weighted by Crippen LogP contribution is -2.13. The first-order valence-corrected chi connectivity index (χ1v) is 10.6. The number of para-hydroxylation sites is 1. The SMILES string of the molecule is O=C(Nc1ccc(-c2nc3ccccc3s2)c(O)c1)c1ccc2c(c1)CCCC2. The summed E-state index contributed by atoms with van der Waals surface area (Å²) in [6.07, 6.45) is 4.53. The second-order valence-corrected chi connectivity index (χ2v) is 8.39. The van der Waals surface area contributed by atoms with Crippen LogP contribution in [0.15, 0.2) is 60.7 Å². The lowest BCUT2D eigenvalue weighted by molar-refractivity contribution is 0.102. The van der Waals surface area contributed by atoms with Crippen molar-refractivity contribution in [2.75, 3.05) is 5.32 Å². The molecule has 144 valence electrons. The van der Waals surface area contributed by atoms with Gasteiger partial charge in [-0.1, -0.05) is 18.2 Å². The topological polar surface area (TPSA) is 62.2 Å². The fourth-order valence-corrected chi connectivity index (χ4v) is 4.86. The van der Waals surface area contributed by atoms with Crippen LogP contribution in [-0.4, -0.2) is 16.0 Å². The molecule has 4 aromatic rings. The van der Waals surface area contributed by atoms with Crippen LogP contribution in [0.3, 0.4) is 0 Å². The quantitative estimate of drug-likeness (QED) is 0.457. The van der Waals surface area contributed by atoms with Gasteiger partial charge in [0.15, 0.2) is 0 Å². The number of phenols is 1. The molecule has 3 aromatic carbocycles. The smallest absolute Gasteiger partial charge is 0.255 e. The van der Waals surface area contributed by atoms with Crippen LogP contribution in [0.2, 0.25) is 0 Å². The van der Waals surface area contributed by atoms with Crippen molar-refractivity contribution in [2.24, 2.45) is 0 Å². The van der Waals surface area contributed by atoms with E-state index in [0.717, 1.165) is 28.1 Å². The van der Waals surface area contributed by atoms with Crippen LogP contribution in [0, 0.1) is 0 Å². The number of carbonyl (C=O) groups is 1. The number of thiazole rings is 1. The van der Waals surface area contributed by atoms with Gasteiger partial charge in [0, 0.05) is 17.3 Å². The second kappa shape index (κ2) is 7.33. The molecule has 1 aliphatic rings. The van der Waals surface area contributed by atoms with Crippen LogP contribution in [0.5, 0.6) is 5.75 Å². The lowest BCUT2D eigenvalue weighted by Gasteiger charge is -2.16. The van der Waals surface area contributed by atoms with Gasteiger partial charge in [0.1, 0.15) is 10.8 Å². The van der Waals surface area contributed by atoms with Gasteiger partial charge in [0.25, 0.3) is 5.91 Å². The highest BCUT2D eigenvalue weighted by Gasteiger charge is 2.15. The van der Waals surface area contributed by atoms with Crippen molar-refractivity contribution in [2.45, 2.75) is 25.7 Å². The van der Waals surface area contributed by atoms with Gasteiger partial charge in [-0.05, 0) is 73.2 Å². The molecule has 0 aliphatic heterocycles. The van der Waals surface area contributed by atoms with E-state index in [-0.39, 0.29) is 11.7 Å². The third kappa shape index (κ3) is 3.49. The Morgan fingerprint density at radius 1 is 0.966 bits per heavy atom. The van der Waals surface area contributed by atoms with Crippen LogP contribution >= 0.6 is 11.3 Å². The Morgan fingerprint density at radius 2 is 1.79 bits per heavy atom. The van der Waals surface area contributed by atoms with Gasteiger partial charge in [-0.2, -0.15) is 0 Å². The number of aryl methyl sites for hydroxylation is 2. The molecule has 5 rings (SSSR count). The predicted octanol–water partition coefficient (Wildman–Crippen LogP) is 5.80. The van der Waals surface area contributed by atoms with Crippen molar-refractivity contribution >= 4 is 33.1 Å². The number of nitrogens with one attached hydrogen (secondary N) is 1. The molecule has 0 saturated heterocycles. The lowest BCUT2D eigenvalue weighted by atomic mass is 9.90. The third-order valence-corrected chi connectivity index (χ3v) is 6.46. The molecule has 1 amide bonds. The molecule has 1 heterocycles. The molecule has 2 N–H and O–H groups in total. The van der Waals surface area contributed by atoms with E-state index in [1.807, 2.05) is 36.4 Å². The zero-order valence-electron chi connectivity index (χ0n) is 15.8. The third-order valence-electron chi connectivity index (χ3n) is 5.39. The van der Waals surface area contributed by atoms with Gasteiger partial charge in [0.05, 0.1) is 15.8 Å². The summed E-state index contributed by atoms with van der Waals surface area (Å²) in [5.41, 5.74) is 5.42. The largest absolute Gasteiger partial charge is 0.507 e. The normalized spacial score (nSPS) is 13.2. The molecule has 0 fully saturated rings. The zero-order valence-corrected chi connectivity index (χ0v) is 16.6. The molecule has 0 unspecified atom stereocenters. The standard InChI is InChI=1S/C24H20N2O2S/c27-21-14-18(11-12-19(21)24-26-20-7-3-4-8-22(20)29-24)25-23(28)17-10-9-15-5-1-2-6-16(15)13-17/h3-4,7-14,27H,1-2,5-6H2,(H,25,28). The number of phenolic OH excluding ortho intramolecular Hbond substituents is 1. The number of fused-ring (bicyclic) bond motifs is 2. The summed E-state index contributed by atoms with van der Waals surface area (Å²) in [5, 5.41) is 14.2. The van der Waals surface area contributed by atoms with Crippen LogP contribution in [0.4, 0.5) is 5.69 Å². The van der Waals surface area contributed by atoms with E-state index in [9.17, 15) is 9.90 Å². The van der Waals surface area contributed by atoms with Gasteiger partial charge < -0.3 is 10.4 Å². The molecule has 0 radical (unpaired) electrons. The number of aromatic hydroxyl groups is 1. The van der Waals surface area contributed by atoms with E-state index in [1.54, 1.807) is 18.2 Å². The second-order valence-electron chi connectivity index (χ2n) is 7.36. The Labute approximate surface area is 172 Å². The molecule has 0 saturated carbocycles. The molecular weight excluding hydrogens is 380 g/mol. The number of rotatable bonds is 3. The number of carbonyl (C=O) groups excluding carboxylic acids is 1. The van der Waals surface area contributed by atoms with Crippen molar-refractivity contribution < 1.29 is 9.90 Å². The van der Waals surface area contributed by atoms with Crippen LogP contribution < -0.4 is 5.32 Å². The molecule has 0 atom stereocenters. The summed E-state index contributed by atoms with van der Waals surface area (Å²) in [7, 11) is 0. The Kier molecular flexibility index (Phi) is 4.52. The summed E-state index contributed by atoms with van der Waals surface area (Å²) in [6.45, 7) is 0. The highest BCUT2D eigenvalue weighted by atomic mass is 32.1. The number of aromatic nitrogens is 1. The molecule has 29 heavy (non-hydrogen) atoms. The maximum atomic E-state index is 12.7. The van der Waals surface area contributed by atoms with Crippen molar-refractivity contribution in [3.63, 3.8) is 0 Å². The van der Waals surface area contributed by atoms with Crippen molar-refractivity contribution in [1.82, 2.24) is 4.98 Å². The van der Waals surface area contributed by atoms with E-state index < -0.39 is 0 Å². The summed E-state index contributed by atoms with van der Waals surface area (Å²) in [6, 6.07) is 19.0. The monoisotopic (exact) mass is 400 g/mol. The van der Waals surface area contributed by atoms with Gasteiger partial charge in [-0.15, -0.1) is 11.3 Å². The maximum Gasteiger partial charge on any atom is 0.255 e. The fraction of sp³-hybridized carbons (Fsp3) is 0.167. The van der Waals surface area contributed by atoms with Gasteiger partial charge in [-0.25, -0.2) is 4.98 Å². The highest BCUT2D eigenvalue weighted by Crippen LogP contribution is 2.36. The van der Waals surface area contributed by atoms with Crippen LogP contribution in [0.1, 0.15) is 34.3 Å². The van der Waals surface area contributed by atoms with Crippen molar-refractivity contribution in [3.05, 3.63) is 77.4 Å². The Balaban J connectivity index is 1.38. The number of benzene rings is 3. The van der Waals surface area contributed by atoms with Gasteiger partial charge in [0.2, 0.25) is 0 Å². The average Bonchev–Trinajstić information content (AvgIpc) is 3.17. The average molecular weight is 401 g/mol. The first-order valence-electron chi connectivity index (χ1n) is 9.79. The molecule has 0 spiro atoms. The number of nitrogens with zero attached hydrogens (tertiary/aromatic N) is 1. The van der Waals surface area contributed by atoms with Gasteiger partial charge in [-0.3, -0.25) is 4.79 Å². The summed E-state index contributed by atoms with van der Waals surface area (Å²) in [5.74, 6) is -0.0576. The Hall–Kier alpha value is -3.18.